The van der Waals surface area contributed by atoms with Crippen molar-refractivity contribution in [2.45, 2.75) is 39.8 Å². The number of benzene rings is 1. The zero-order chi connectivity index (χ0) is 15.8. The van der Waals surface area contributed by atoms with Gasteiger partial charge in [0.15, 0.2) is 23.5 Å². The van der Waals surface area contributed by atoms with Gasteiger partial charge in [-0.25, -0.2) is 13.6 Å². The number of carbonyl (C=O) groups is 1. The van der Waals surface area contributed by atoms with Crippen molar-refractivity contribution in [2.75, 3.05) is 13.2 Å². The van der Waals surface area contributed by atoms with Gasteiger partial charge in [0.2, 0.25) is 0 Å². The van der Waals surface area contributed by atoms with Crippen molar-refractivity contribution in [1.29, 1.82) is 0 Å². The summed E-state index contributed by atoms with van der Waals surface area (Å²) >= 11 is 0. The second kappa shape index (κ2) is 8.56. The van der Waals surface area contributed by atoms with Crippen LogP contribution in [-0.4, -0.2) is 25.2 Å². The first kappa shape index (κ1) is 17.4. The Balaban J connectivity index is 2.89. The molecule has 1 unspecified atom stereocenters. The number of carbonyl (C=O) groups excluding carboxylic acids is 1. The van der Waals surface area contributed by atoms with E-state index in [1.54, 1.807) is 13.8 Å². The van der Waals surface area contributed by atoms with Crippen LogP contribution >= 0.6 is 0 Å². The zero-order valence-corrected chi connectivity index (χ0v) is 12.5. The smallest absolute Gasteiger partial charge is 0.347 e. The van der Waals surface area contributed by atoms with E-state index >= 15 is 0 Å². The molecule has 1 aromatic carbocycles. The number of rotatable bonds is 8. The minimum Gasteiger partial charge on any atom is -0.473 e. The molecule has 0 fully saturated rings. The van der Waals surface area contributed by atoms with Crippen LogP contribution < -0.4 is 10.1 Å². The Morgan fingerprint density at radius 3 is 2.33 bits per heavy atom. The highest BCUT2D eigenvalue weighted by atomic mass is 19.1. The summed E-state index contributed by atoms with van der Waals surface area (Å²) in [6.07, 6.45) is -0.759. The highest BCUT2D eigenvalue weighted by molar-refractivity contribution is 5.75. The molecule has 0 bridgehead atoms. The molecule has 0 heterocycles. The number of halogens is 2. The van der Waals surface area contributed by atoms with Gasteiger partial charge in [0.05, 0.1) is 6.61 Å². The molecule has 1 rings (SSSR count). The summed E-state index contributed by atoms with van der Waals surface area (Å²) in [5, 5.41) is 2.98. The van der Waals surface area contributed by atoms with Gasteiger partial charge >= 0.3 is 5.97 Å². The SMILES string of the molecule is CCNCc1cc(F)c(OC(CC)C(=O)OCC)c(F)c1. The largest absolute Gasteiger partial charge is 0.473 e. The van der Waals surface area contributed by atoms with Gasteiger partial charge in [-0.2, -0.15) is 0 Å². The molecule has 0 aliphatic heterocycles. The molecule has 0 aliphatic carbocycles. The Morgan fingerprint density at radius 1 is 1.24 bits per heavy atom. The molecule has 6 heteroatoms. The van der Waals surface area contributed by atoms with Crippen molar-refractivity contribution in [3.8, 4) is 5.75 Å². The average Bonchev–Trinajstić information content (AvgIpc) is 2.44. The Labute approximate surface area is 123 Å². The van der Waals surface area contributed by atoms with E-state index in [4.69, 9.17) is 9.47 Å². The fraction of sp³-hybridized carbons (Fsp3) is 0.533. The number of ether oxygens (including phenoxy) is 2. The van der Waals surface area contributed by atoms with E-state index in [-0.39, 0.29) is 13.0 Å². The van der Waals surface area contributed by atoms with Gasteiger partial charge in [0.1, 0.15) is 0 Å². The molecular weight excluding hydrogens is 280 g/mol. The topological polar surface area (TPSA) is 47.6 Å². The van der Waals surface area contributed by atoms with E-state index in [1.807, 2.05) is 6.92 Å². The lowest BCUT2D eigenvalue weighted by Crippen LogP contribution is -2.29. The third-order valence-electron chi connectivity index (χ3n) is 2.82. The molecule has 4 nitrogen and oxygen atoms in total. The molecule has 21 heavy (non-hydrogen) atoms. The van der Waals surface area contributed by atoms with Gasteiger partial charge in [-0.1, -0.05) is 13.8 Å². The molecule has 0 saturated heterocycles. The Bertz CT molecular complexity index is 457. The maximum absolute atomic E-state index is 13.9. The van der Waals surface area contributed by atoms with Crippen molar-refractivity contribution >= 4 is 5.97 Å². The van der Waals surface area contributed by atoms with Gasteiger partial charge in [-0.15, -0.1) is 0 Å². The summed E-state index contributed by atoms with van der Waals surface area (Å²) in [5.41, 5.74) is 0.475. The van der Waals surface area contributed by atoms with E-state index in [2.05, 4.69) is 5.32 Å². The minimum atomic E-state index is -1.02. The fourth-order valence-electron chi connectivity index (χ4n) is 1.77. The predicted octanol–water partition coefficient (Wildman–Crippen LogP) is 2.79. The normalized spacial score (nSPS) is 12.0. The average molecular weight is 301 g/mol. The lowest BCUT2D eigenvalue weighted by atomic mass is 10.2. The van der Waals surface area contributed by atoms with Crippen LogP contribution in [0.1, 0.15) is 32.8 Å². The summed E-state index contributed by atoms with van der Waals surface area (Å²) in [7, 11) is 0. The molecule has 0 aliphatic rings. The molecule has 118 valence electrons. The fourth-order valence-corrected chi connectivity index (χ4v) is 1.77. The molecule has 1 aromatic rings. The lowest BCUT2D eigenvalue weighted by molar-refractivity contribution is -0.151. The second-order valence-electron chi connectivity index (χ2n) is 4.44. The maximum atomic E-state index is 13.9. The van der Waals surface area contributed by atoms with Crippen molar-refractivity contribution < 1.29 is 23.0 Å². The van der Waals surface area contributed by atoms with Crippen LogP contribution in [0.4, 0.5) is 8.78 Å². The van der Waals surface area contributed by atoms with E-state index in [9.17, 15) is 13.6 Å². The molecule has 0 spiro atoms. The Morgan fingerprint density at radius 2 is 1.86 bits per heavy atom. The van der Waals surface area contributed by atoms with Crippen LogP contribution in [0.3, 0.4) is 0 Å². The summed E-state index contributed by atoms with van der Waals surface area (Å²) in [5.74, 6) is -2.83. The maximum Gasteiger partial charge on any atom is 0.347 e. The van der Waals surface area contributed by atoms with Gasteiger partial charge in [-0.05, 0) is 37.6 Å². The first-order chi connectivity index (χ1) is 10.0. The number of nitrogens with one attached hydrogen (secondary N) is 1. The molecular formula is C15H21F2NO3. The number of hydrogen-bond donors (Lipinski definition) is 1. The van der Waals surface area contributed by atoms with Crippen LogP contribution in [0.25, 0.3) is 0 Å². The first-order valence-corrected chi connectivity index (χ1v) is 7.05. The summed E-state index contributed by atoms with van der Waals surface area (Å²) in [6, 6.07) is 2.39. The summed E-state index contributed by atoms with van der Waals surface area (Å²) < 4.78 is 37.8. The first-order valence-electron chi connectivity index (χ1n) is 7.05. The lowest BCUT2D eigenvalue weighted by Gasteiger charge is -2.17. The number of hydrogen-bond acceptors (Lipinski definition) is 4. The van der Waals surface area contributed by atoms with E-state index in [1.165, 1.54) is 12.1 Å². The summed E-state index contributed by atoms with van der Waals surface area (Å²) in [4.78, 5) is 11.6. The van der Waals surface area contributed by atoms with Crippen molar-refractivity contribution in [3.05, 3.63) is 29.3 Å². The van der Waals surface area contributed by atoms with Gasteiger partial charge in [0, 0.05) is 6.54 Å². The van der Waals surface area contributed by atoms with Crippen LogP contribution in [0.5, 0.6) is 5.75 Å². The van der Waals surface area contributed by atoms with Crippen LogP contribution in [-0.2, 0) is 16.1 Å². The van der Waals surface area contributed by atoms with E-state index in [0.29, 0.717) is 18.7 Å². The zero-order valence-electron chi connectivity index (χ0n) is 12.5. The van der Waals surface area contributed by atoms with Crippen LogP contribution in [0.15, 0.2) is 12.1 Å². The monoisotopic (exact) mass is 301 g/mol. The highest BCUT2D eigenvalue weighted by Gasteiger charge is 2.23. The summed E-state index contributed by atoms with van der Waals surface area (Å²) in [6.45, 7) is 6.47. The van der Waals surface area contributed by atoms with Crippen LogP contribution in [0, 0.1) is 11.6 Å². The third-order valence-corrected chi connectivity index (χ3v) is 2.82. The van der Waals surface area contributed by atoms with Crippen molar-refractivity contribution in [1.82, 2.24) is 5.32 Å². The standard InChI is InChI=1S/C15H21F2NO3/c1-4-13(15(19)20-6-3)21-14-11(16)7-10(8-12(14)17)9-18-5-2/h7-8,13,18H,4-6,9H2,1-3H3. The molecule has 0 amide bonds. The minimum absolute atomic E-state index is 0.186. The van der Waals surface area contributed by atoms with Gasteiger partial charge in [0.25, 0.3) is 0 Å². The quantitative estimate of drug-likeness (QED) is 0.750. The molecule has 0 saturated carbocycles. The van der Waals surface area contributed by atoms with Crippen LogP contribution in [0.2, 0.25) is 0 Å². The second-order valence-corrected chi connectivity index (χ2v) is 4.44. The van der Waals surface area contributed by atoms with E-state index < -0.39 is 29.5 Å². The predicted molar refractivity (Wildman–Crippen MR) is 75.1 cm³/mol. The van der Waals surface area contributed by atoms with Crippen molar-refractivity contribution in [3.63, 3.8) is 0 Å². The van der Waals surface area contributed by atoms with Crippen molar-refractivity contribution in [2.24, 2.45) is 0 Å². The van der Waals surface area contributed by atoms with Gasteiger partial charge < -0.3 is 14.8 Å². The highest BCUT2D eigenvalue weighted by Crippen LogP contribution is 2.25. The molecule has 0 radical (unpaired) electrons. The third kappa shape index (κ3) is 4.97. The molecule has 1 N–H and O–H groups in total. The van der Waals surface area contributed by atoms with E-state index in [0.717, 1.165) is 0 Å². The number of esters is 1. The Hall–Kier alpha value is -1.69. The molecule has 1 atom stereocenters. The Kier molecular flexibility index (Phi) is 7.08. The molecule has 0 aromatic heterocycles. The van der Waals surface area contributed by atoms with Gasteiger partial charge in [-0.3, -0.25) is 0 Å².